The van der Waals surface area contributed by atoms with Crippen LogP contribution in [-0.2, 0) is 5.88 Å². The summed E-state index contributed by atoms with van der Waals surface area (Å²) < 4.78 is 1.08. The van der Waals surface area contributed by atoms with Gasteiger partial charge in [-0.1, -0.05) is 22.0 Å². The van der Waals surface area contributed by atoms with Crippen molar-refractivity contribution in [3.63, 3.8) is 0 Å². The van der Waals surface area contributed by atoms with E-state index in [1.54, 1.807) is 11.3 Å². The van der Waals surface area contributed by atoms with Gasteiger partial charge in [0, 0.05) is 14.9 Å². The summed E-state index contributed by atoms with van der Waals surface area (Å²) in [7, 11) is 0. The van der Waals surface area contributed by atoms with E-state index in [1.165, 1.54) is 11.1 Å². The van der Waals surface area contributed by atoms with Gasteiger partial charge in [-0.2, -0.15) is 0 Å². The minimum atomic E-state index is 0.538. The molecule has 4 heteroatoms. The highest BCUT2D eigenvalue weighted by Crippen LogP contribution is 2.32. The highest BCUT2D eigenvalue weighted by atomic mass is 79.9. The van der Waals surface area contributed by atoms with E-state index >= 15 is 0 Å². The van der Waals surface area contributed by atoms with Crippen molar-refractivity contribution in [1.82, 2.24) is 4.98 Å². The Hall–Kier alpha value is -0.380. The summed E-state index contributed by atoms with van der Waals surface area (Å²) in [6, 6.07) is 6.24. The monoisotopic (exact) mass is 315 g/mol. The number of alkyl halides is 1. The summed E-state index contributed by atoms with van der Waals surface area (Å²) in [6.45, 7) is 4.10. The maximum atomic E-state index is 5.87. The smallest absolute Gasteiger partial charge is 0.124 e. The van der Waals surface area contributed by atoms with E-state index < -0.39 is 0 Å². The Labute approximate surface area is 113 Å². The molecule has 0 fully saturated rings. The van der Waals surface area contributed by atoms with Crippen LogP contribution in [0.3, 0.4) is 0 Å². The lowest BCUT2D eigenvalue weighted by atomic mass is 10.1. The fraction of sp³-hybridized carbons (Fsp3) is 0.250. The molecule has 0 radical (unpaired) electrons. The van der Waals surface area contributed by atoms with Crippen LogP contribution in [-0.4, -0.2) is 4.98 Å². The van der Waals surface area contributed by atoms with Crippen molar-refractivity contribution in [3.05, 3.63) is 38.8 Å². The second kappa shape index (κ2) is 4.86. The van der Waals surface area contributed by atoms with Crippen LogP contribution in [0.25, 0.3) is 10.6 Å². The van der Waals surface area contributed by atoms with Gasteiger partial charge in [0.15, 0.2) is 0 Å². The standard InChI is InChI=1S/C12H11BrClNS/c1-7-3-4-9(13)5-10(7)12-15-8(2)11(6-14)16-12/h3-5H,6H2,1-2H3. The summed E-state index contributed by atoms with van der Waals surface area (Å²) in [5, 5.41) is 1.05. The molecule has 16 heavy (non-hydrogen) atoms. The zero-order valence-corrected chi connectivity index (χ0v) is 12.2. The predicted octanol–water partition coefficient (Wildman–Crippen LogP) is 4.93. The molecule has 0 amide bonds. The van der Waals surface area contributed by atoms with Crippen LogP contribution in [0.1, 0.15) is 16.1 Å². The number of hydrogen-bond donors (Lipinski definition) is 0. The predicted molar refractivity (Wildman–Crippen MR) is 74.3 cm³/mol. The largest absolute Gasteiger partial charge is 0.241 e. The number of thiazole rings is 1. The first-order valence-corrected chi connectivity index (χ1v) is 7.05. The number of hydrogen-bond acceptors (Lipinski definition) is 2. The second-order valence-corrected chi connectivity index (χ2v) is 5.89. The lowest BCUT2D eigenvalue weighted by Crippen LogP contribution is -1.82. The molecule has 84 valence electrons. The summed E-state index contributed by atoms with van der Waals surface area (Å²) in [4.78, 5) is 5.72. The van der Waals surface area contributed by atoms with Gasteiger partial charge in [0.05, 0.1) is 11.6 Å². The van der Waals surface area contributed by atoms with Gasteiger partial charge in [-0.3, -0.25) is 0 Å². The molecular weight excluding hydrogens is 306 g/mol. The van der Waals surface area contributed by atoms with E-state index in [4.69, 9.17) is 11.6 Å². The van der Waals surface area contributed by atoms with E-state index in [2.05, 4.69) is 40.0 Å². The molecule has 1 nitrogen and oxygen atoms in total. The molecular formula is C12H11BrClNS. The highest BCUT2D eigenvalue weighted by molar-refractivity contribution is 9.10. The molecule has 0 saturated carbocycles. The fourth-order valence-corrected chi connectivity index (χ4v) is 3.20. The van der Waals surface area contributed by atoms with Crippen molar-refractivity contribution in [3.8, 4) is 10.6 Å². The van der Waals surface area contributed by atoms with Crippen LogP contribution < -0.4 is 0 Å². The molecule has 0 aliphatic rings. The SMILES string of the molecule is Cc1ccc(Br)cc1-c1nc(C)c(CCl)s1. The quantitative estimate of drug-likeness (QED) is 0.716. The average Bonchev–Trinajstić information content (AvgIpc) is 2.63. The van der Waals surface area contributed by atoms with Crippen LogP contribution >= 0.6 is 38.9 Å². The lowest BCUT2D eigenvalue weighted by molar-refractivity contribution is 1.22. The molecule has 1 aromatic carbocycles. The zero-order chi connectivity index (χ0) is 11.7. The molecule has 0 aliphatic heterocycles. The third-order valence-electron chi connectivity index (χ3n) is 2.44. The van der Waals surface area contributed by atoms with Crippen molar-refractivity contribution in [2.75, 3.05) is 0 Å². The zero-order valence-electron chi connectivity index (χ0n) is 9.05. The molecule has 0 atom stereocenters. The van der Waals surface area contributed by atoms with Crippen LogP contribution in [0.4, 0.5) is 0 Å². The van der Waals surface area contributed by atoms with Gasteiger partial charge in [-0.15, -0.1) is 22.9 Å². The first-order chi connectivity index (χ1) is 7.61. The molecule has 0 unspecified atom stereocenters. The number of benzene rings is 1. The molecule has 0 aliphatic carbocycles. The van der Waals surface area contributed by atoms with E-state index in [0.29, 0.717) is 5.88 Å². The Morgan fingerprint density at radius 3 is 2.75 bits per heavy atom. The molecule has 1 heterocycles. The van der Waals surface area contributed by atoms with Crippen molar-refractivity contribution < 1.29 is 0 Å². The van der Waals surface area contributed by atoms with Crippen molar-refractivity contribution in [1.29, 1.82) is 0 Å². The van der Waals surface area contributed by atoms with Gasteiger partial charge in [0.1, 0.15) is 5.01 Å². The maximum Gasteiger partial charge on any atom is 0.124 e. The van der Waals surface area contributed by atoms with Crippen LogP contribution in [0.2, 0.25) is 0 Å². The summed E-state index contributed by atoms with van der Waals surface area (Å²) in [5.41, 5.74) is 3.45. The minimum absolute atomic E-state index is 0.538. The number of rotatable bonds is 2. The number of aryl methyl sites for hydroxylation is 2. The van der Waals surface area contributed by atoms with Gasteiger partial charge in [-0.05, 0) is 31.5 Å². The molecule has 0 spiro atoms. The third kappa shape index (κ3) is 2.31. The van der Waals surface area contributed by atoms with E-state index in [9.17, 15) is 0 Å². The van der Waals surface area contributed by atoms with Crippen LogP contribution in [0.5, 0.6) is 0 Å². The molecule has 0 saturated heterocycles. The Kier molecular flexibility index (Phi) is 3.67. The minimum Gasteiger partial charge on any atom is -0.241 e. The number of halogens is 2. The normalized spacial score (nSPS) is 10.8. The first-order valence-electron chi connectivity index (χ1n) is 4.90. The molecule has 2 aromatic rings. The van der Waals surface area contributed by atoms with Gasteiger partial charge < -0.3 is 0 Å². The Balaban J connectivity index is 2.53. The van der Waals surface area contributed by atoms with Crippen molar-refractivity contribution >= 4 is 38.9 Å². The lowest BCUT2D eigenvalue weighted by Gasteiger charge is -2.02. The number of aromatic nitrogens is 1. The Morgan fingerprint density at radius 1 is 1.38 bits per heavy atom. The van der Waals surface area contributed by atoms with E-state index in [-0.39, 0.29) is 0 Å². The van der Waals surface area contributed by atoms with Crippen molar-refractivity contribution in [2.24, 2.45) is 0 Å². The summed E-state index contributed by atoms with van der Waals surface area (Å²) in [6.07, 6.45) is 0. The maximum absolute atomic E-state index is 5.87. The topological polar surface area (TPSA) is 12.9 Å². The Bertz CT molecular complexity index is 522. The van der Waals surface area contributed by atoms with Gasteiger partial charge in [-0.25, -0.2) is 4.98 Å². The van der Waals surface area contributed by atoms with Crippen molar-refractivity contribution in [2.45, 2.75) is 19.7 Å². The molecule has 1 aromatic heterocycles. The van der Waals surface area contributed by atoms with Gasteiger partial charge in [0.2, 0.25) is 0 Å². The number of nitrogens with zero attached hydrogens (tertiary/aromatic N) is 1. The van der Waals surface area contributed by atoms with E-state index in [1.807, 2.05) is 13.0 Å². The summed E-state index contributed by atoms with van der Waals surface area (Å²) in [5.74, 6) is 0.538. The molecule has 0 N–H and O–H groups in total. The average molecular weight is 317 g/mol. The van der Waals surface area contributed by atoms with Crippen LogP contribution in [0, 0.1) is 13.8 Å². The van der Waals surface area contributed by atoms with Gasteiger partial charge in [0.25, 0.3) is 0 Å². The molecule has 2 rings (SSSR count). The van der Waals surface area contributed by atoms with Crippen LogP contribution in [0.15, 0.2) is 22.7 Å². The highest BCUT2D eigenvalue weighted by Gasteiger charge is 2.10. The first kappa shape index (κ1) is 12.1. The second-order valence-electron chi connectivity index (χ2n) is 3.62. The fourth-order valence-electron chi connectivity index (χ4n) is 1.49. The van der Waals surface area contributed by atoms with Gasteiger partial charge >= 0.3 is 0 Å². The molecule has 0 bridgehead atoms. The Morgan fingerprint density at radius 2 is 2.12 bits per heavy atom. The van der Waals surface area contributed by atoms with E-state index in [0.717, 1.165) is 20.1 Å². The summed E-state index contributed by atoms with van der Waals surface area (Å²) >= 11 is 11.0. The third-order valence-corrected chi connectivity index (χ3v) is 4.55.